The van der Waals surface area contributed by atoms with Crippen molar-refractivity contribution in [1.82, 2.24) is 15.0 Å². The summed E-state index contributed by atoms with van der Waals surface area (Å²) in [4.78, 5) is 6.91. The Kier molecular flexibility index (Phi) is 4.14. The summed E-state index contributed by atoms with van der Waals surface area (Å²) in [5, 5.41) is 4.06. The first-order chi connectivity index (χ1) is 11.7. The predicted octanol–water partition coefficient (Wildman–Crippen LogP) is 3.30. The molecule has 0 bridgehead atoms. The number of fused-ring (bicyclic) bond motifs is 1. The van der Waals surface area contributed by atoms with Crippen molar-refractivity contribution in [3.8, 4) is 11.5 Å². The number of nitrogens with zero attached hydrogens (tertiary/aromatic N) is 3. The van der Waals surface area contributed by atoms with Gasteiger partial charge in [-0.25, -0.2) is 0 Å². The molecule has 128 valence electrons. The Labute approximate surface area is 141 Å². The second-order valence-corrected chi connectivity index (χ2v) is 6.73. The summed E-state index contributed by atoms with van der Waals surface area (Å²) in [6, 6.07) is 6.63. The summed E-state index contributed by atoms with van der Waals surface area (Å²) in [6.07, 6.45) is 2.30. The van der Waals surface area contributed by atoms with Gasteiger partial charge in [-0.2, -0.15) is 4.98 Å². The first kappa shape index (κ1) is 15.4. The molecule has 1 saturated heterocycles. The molecule has 1 atom stereocenters. The number of likely N-dealkylation sites (tertiary alicyclic amines) is 1. The number of benzene rings is 1. The number of hydrogen-bond acceptors (Lipinski definition) is 6. The van der Waals surface area contributed by atoms with Gasteiger partial charge in [0.1, 0.15) is 13.2 Å². The van der Waals surface area contributed by atoms with E-state index in [1.807, 2.05) is 6.07 Å². The van der Waals surface area contributed by atoms with E-state index < -0.39 is 0 Å². The molecule has 0 spiro atoms. The third-order valence-electron chi connectivity index (χ3n) is 4.65. The van der Waals surface area contributed by atoms with Crippen molar-refractivity contribution < 1.29 is 14.0 Å². The van der Waals surface area contributed by atoms with Crippen molar-refractivity contribution >= 4 is 0 Å². The molecule has 2 aliphatic rings. The molecule has 0 saturated carbocycles. The van der Waals surface area contributed by atoms with Crippen molar-refractivity contribution in [3.05, 3.63) is 35.5 Å². The van der Waals surface area contributed by atoms with Crippen LogP contribution in [-0.2, 0) is 6.54 Å². The van der Waals surface area contributed by atoms with Crippen LogP contribution in [0.3, 0.4) is 0 Å². The fourth-order valence-electron chi connectivity index (χ4n) is 3.40. The molecule has 4 rings (SSSR count). The summed E-state index contributed by atoms with van der Waals surface area (Å²) in [5.74, 6) is 3.45. The summed E-state index contributed by atoms with van der Waals surface area (Å²) >= 11 is 0. The highest BCUT2D eigenvalue weighted by molar-refractivity contribution is 5.44. The van der Waals surface area contributed by atoms with Gasteiger partial charge in [0.15, 0.2) is 17.3 Å². The number of aromatic nitrogens is 2. The first-order valence-corrected chi connectivity index (χ1v) is 8.67. The van der Waals surface area contributed by atoms with Crippen molar-refractivity contribution in [1.29, 1.82) is 0 Å². The smallest absolute Gasteiger partial charge is 0.240 e. The molecule has 0 amide bonds. The minimum Gasteiger partial charge on any atom is -0.486 e. The number of rotatable bonds is 4. The highest BCUT2D eigenvalue weighted by Gasteiger charge is 2.29. The van der Waals surface area contributed by atoms with E-state index in [-0.39, 0.29) is 5.92 Å². The Morgan fingerprint density at radius 2 is 2.04 bits per heavy atom. The van der Waals surface area contributed by atoms with E-state index in [0.717, 1.165) is 30.3 Å². The standard InChI is InChI=1S/C18H23N3O3/c1-12(2)18-19-17(24-20-18)11-21-7-3-4-14(21)13-5-6-15-16(10-13)23-9-8-22-15/h5-6,10,12,14H,3-4,7-9,11H2,1-2H3/t14-/m1/s1. The van der Waals surface area contributed by atoms with E-state index in [4.69, 9.17) is 14.0 Å². The molecule has 24 heavy (non-hydrogen) atoms. The maximum atomic E-state index is 5.72. The third-order valence-corrected chi connectivity index (χ3v) is 4.65. The number of hydrogen-bond donors (Lipinski definition) is 0. The SMILES string of the molecule is CC(C)c1noc(CN2CCC[C@@H]2c2ccc3c(c2)OCCO3)n1. The van der Waals surface area contributed by atoms with Crippen LogP contribution in [0.25, 0.3) is 0 Å². The first-order valence-electron chi connectivity index (χ1n) is 8.67. The number of ether oxygens (including phenoxy) is 2. The fourth-order valence-corrected chi connectivity index (χ4v) is 3.40. The molecule has 2 aliphatic heterocycles. The molecule has 2 aromatic rings. The van der Waals surface area contributed by atoms with E-state index in [0.29, 0.717) is 31.7 Å². The second-order valence-electron chi connectivity index (χ2n) is 6.73. The average Bonchev–Trinajstić information content (AvgIpc) is 3.24. The molecule has 0 N–H and O–H groups in total. The van der Waals surface area contributed by atoms with E-state index in [2.05, 4.69) is 41.0 Å². The van der Waals surface area contributed by atoms with Gasteiger partial charge in [0.25, 0.3) is 0 Å². The predicted molar refractivity (Wildman–Crippen MR) is 88.2 cm³/mol. The van der Waals surface area contributed by atoms with Crippen molar-refractivity contribution in [2.75, 3.05) is 19.8 Å². The van der Waals surface area contributed by atoms with Gasteiger partial charge in [0.2, 0.25) is 5.89 Å². The zero-order valence-electron chi connectivity index (χ0n) is 14.2. The maximum absolute atomic E-state index is 5.72. The zero-order valence-corrected chi connectivity index (χ0v) is 14.2. The Morgan fingerprint density at radius 1 is 1.21 bits per heavy atom. The fraction of sp³-hybridized carbons (Fsp3) is 0.556. The second kappa shape index (κ2) is 6.43. The molecule has 1 fully saturated rings. The van der Waals surface area contributed by atoms with Gasteiger partial charge in [-0.15, -0.1) is 0 Å². The molecular formula is C18H23N3O3. The van der Waals surface area contributed by atoms with Gasteiger partial charge in [-0.05, 0) is 37.1 Å². The normalized spacial score (nSPS) is 20.7. The van der Waals surface area contributed by atoms with Gasteiger partial charge < -0.3 is 14.0 Å². The quantitative estimate of drug-likeness (QED) is 0.858. The monoisotopic (exact) mass is 329 g/mol. The Balaban J connectivity index is 1.52. The highest BCUT2D eigenvalue weighted by Crippen LogP contribution is 2.38. The Hall–Kier alpha value is -2.08. The van der Waals surface area contributed by atoms with Crippen molar-refractivity contribution in [2.45, 2.75) is 45.2 Å². The van der Waals surface area contributed by atoms with Crippen LogP contribution in [0, 0.1) is 0 Å². The van der Waals surface area contributed by atoms with Gasteiger partial charge >= 0.3 is 0 Å². The summed E-state index contributed by atoms with van der Waals surface area (Å²) in [6.45, 7) is 7.12. The van der Waals surface area contributed by atoms with Crippen LogP contribution in [-0.4, -0.2) is 34.8 Å². The largest absolute Gasteiger partial charge is 0.486 e. The summed E-state index contributed by atoms with van der Waals surface area (Å²) < 4.78 is 16.8. The lowest BCUT2D eigenvalue weighted by molar-refractivity contribution is 0.170. The van der Waals surface area contributed by atoms with Crippen LogP contribution in [0.2, 0.25) is 0 Å². The lowest BCUT2D eigenvalue weighted by Gasteiger charge is -2.25. The molecule has 0 aliphatic carbocycles. The van der Waals surface area contributed by atoms with E-state index in [9.17, 15) is 0 Å². The van der Waals surface area contributed by atoms with Crippen LogP contribution < -0.4 is 9.47 Å². The van der Waals surface area contributed by atoms with Crippen LogP contribution in [0.5, 0.6) is 11.5 Å². The van der Waals surface area contributed by atoms with Gasteiger partial charge in [-0.1, -0.05) is 25.1 Å². The van der Waals surface area contributed by atoms with Gasteiger partial charge in [-0.3, -0.25) is 4.90 Å². The van der Waals surface area contributed by atoms with Crippen LogP contribution in [0.4, 0.5) is 0 Å². The molecule has 0 unspecified atom stereocenters. The van der Waals surface area contributed by atoms with E-state index in [1.165, 1.54) is 12.0 Å². The molecule has 0 radical (unpaired) electrons. The minimum atomic E-state index is 0.287. The summed E-state index contributed by atoms with van der Waals surface area (Å²) in [5.41, 5.74) is 1.26. The zero-order chi connectivity index (χ0) is 16.5. The van der Waals surface area contributed by atoms with E-state index in [1.54, 1.807) is 0 Å². The highest BCUT2D eigenvalue weighted by atomic mass is 16.6. The average molecular weight is 329 g/mol. The van der Waals surface area contributed by atoms with Gasteiger partial charge in [0.05, 0.1) is 6.54 Å². The molecular weight excluding hydrogens is 306 g/mol. The maximum Gasteiger partial charge on any atom is 0.240 e. The molecule has 1 aromatic carbocycles. The molecule has 3 heterocycles. The Bertz CT molecular complexity index is 713. The van der Waals surface area contributed by atoms with Gasteiger partial charge in [0, 0.05) is 12.0 Å². The molecule has 6 nitrogen and oxygen atoms in total. The van der Waals surface area contributed by atoms with Crippen molar-refractivity contribution in [2.24, 2.45) is 0 Å². The van der Waals surface area contributed by atoms with Crippen LogP contribution in [0.15, 0.2) is 22.7 Å². The summed E-state index contributed by atoms with van der Waals surface area (Å²) in [7, 11) is 0. The van der Waals surface area contributed by atoms with Crippen LogP contribution >= 0.6 is 0 Å². The lowest BCUT2D eigenvalue weighted by Crippen LogP contribution is -2.23. The molecule has 1 aromatic heterocycles. The third kappa shape index (κ3) is 2.98. The van der Waals surface area contributed by atoms with Crippen LogP contribution in [0.1, 0.15) is 55.9 Å². The minimum absolute atomic E-state index is 0.287. The Morgan fingerprint density at radius 3 is 2.83 bits per heavy atom. The topological polar surface area (TPSA) is 60.6 Å². The van der Waals surface area contributed by atoms with E-state index >= 15 is 0 Å². The lowest BCUT2D eigenvalue weighted by atomic mass is 10.0. The molecule has 6 heteroatoms. The van der Waals surface area contributed by atoms with Crippen molar-refractivity contribution in [3.63, 3.8) is 0 Å².